The van der Waals surface area contributed by atoms with Crippen molar-refractivity contribution in [1.29, 1.82) is 0 Å². The molecule has 2 nitrogen and oxygen atoms in total. The third kappa shape index (κ3) is 8.50. The summed E-state index contributed by atoms with van der Waals surface area (Å²) in [5, 5.41) is 0. The van der Waals surface area contributed by atoms with Crippen molar-refractivity contribution in [3.63, 3.8) is 0 Å². The van der Waals surface area contributed by atoms with Crippen LogP contribution in [0.2, 0.25) is 0 Å². The number of rotatable bonds is 13. The van der Waals surface area contributed by atoms with Crippen LogP contribution < -0.4 is 0 Å². The molecule has 2 aliphatic rings. The van der Waals surface area contributed by atoms with Crippen LogP contribution in [0.3, 0.4) is 0 Å². The molecule has 1 heterocycles. The zero-order valence-electron chi connectivity index (χ0n) is 20.8. The first kappa shape index (κ1) is 24.7. The van der Waals surface area contributed by atoms with Gasteiger partial charge in [0.15, 0.2) is 0 Å². The molecule has 1 aromatic heterocycles. The van der Waals surface area contributed by atoms with Crippen LogP contribution in [0.25, 0.3) is 0 Å². The van der Waals surface area contributed by atoms with Crippen molar-refractivity contribution in [1.82, 2.24) is 9.97 Å². The van der Waals surface area contributed by atoms with Gasteiger partial charge in [-0.15, -0.1) is 0 Å². The predicted molar refractivity (Wildman–Crippen MR) is 133 cm³/mol. The lowest BCUT2D eigenvalue weighted by molar-refractivity contribution is 0.121. The Balaban J connectivity index is 1.52. The number of hydrogen-bond donors (Lipinski definition) is 0. The van der Waals surface area contributed by atoms with E-state index < -0.39 is 0 Å². The van der Waals surface area contributed by atoms with Gasteiger partial charge in [-0.2, -0.15) is 0 Å². The molecule has 0 aromatic carbocycles. The lowest BCUT2D eigenvalue weighted by Gasteiger charge is -2.39. The normalized spacial score (nSPS) is 23.7. The van der Waals surface area contributed by atoms with Crippen LogP contribution in [0.1, 0.15) is 134 Å². The van der Waals surface area contributed by atoms with Crippen molar-refractivity contribution in [3.05, 3.63) is 23.8 Å². The molecule has 0 radical (unpaired) electrons. The van der Waals surface area contributed by atoms with Crippen molar-refractivity contribution in [3.8, 4) is 0 Å². The molecule has 1 atom stereocenters. The van der Waals surface area contributed by atoms with Crippen LogP contribution in [0, 0.1) is 23.7 Å². The SMILES string of the molecule is CCCCCCCC1CCC(C(Cc2ncc(CCCC)cn2)C2CCCCC2)CC1. The number of aromatic nitrogens is 2. The smallest absolute Gasteiger partial charge is 0.128 e. The minimum absolute atomic E-state index is 0.826. The standard InChI is InChI=1S/C29H50N2/c1-3-5-7-8-10-14-24-17-19-27(20-18-24)28(26-15-11-9-12-16-26)21-29-30-22-25(23-31-29)13-6-4-2/h22-24,26-28H,3-21H2,1-2H3. The molecular weight excluding hydrogens is 376 g/mol. The van der Waals surface area contributed by atoms with Crippen LogP contribution in [0.4, 0.5) is 0 Å². The van der Waals surface area contributed by atoms with Crippen LogP contribution in [0.15, 0.2) is 12.4 Å². The summed E-state index contributed by atoms with van der Waals surface area (Å²) in [6.45, 7) is 4.57. The van der Waals surface area contributed by atoms with E-state index in [-0.39, 0.29) is 0 Å². The third-order valence-corrected chi connectivity index (χ3v) is 8.46. The molecule has 1 unspecified atom stereocenters. The maximum Gasteiger partial charge on any atom is 0.128 e. The molecule has 3 rings (SSSR count). The fraction of sp³-hybridized carbons (Fsp3) is 0.862. The van der Waals surface area contributed by atoms with E-state index in [4.69, 9.17) is 9.97 Å². The van der Waals surface area contributed by atoms with Gasteiger partial charge in [-0.1, -0.05) is 104 Å². The number of nitrogens with zero attached hydrogens (tertiary/aromatic N) is 2. The largest absolute Gasteiger partial charge is 0.241 e. The molecule has 31 heavy (non-hydrogen) atoms. The van der Waals surface area contributed by atoms with E-state index in [1.165, 1.54) is 115 Å². The first-order valence-corrected chi connectivity index (χ1v) is 14.1. The van der Waals surface area contributed by atoms with E-state index in [1.54, 1.807) is 0 Å². The maximum absolute atomic E-state index is 4.83. The van der Waals surface area contributed by atoms with Gasteiger partial charge in [0.2, 0.25) is 0 Å². The molecule has 0 bridgehead atoms. The van der Waals surface area contributed by atoms with Gasteiger partial charge in [0.05, 0.1) is 0 Å². The second kappa shape index (κ2) is 14.3. The summed E-state index contributed by atoms with van der Waals surface area (Å²) in [6.07, 6.45) is 30.8. The van der Waals surface area contributed by atoms with Crippen molar-refractivity contribution < 1.29 is 0 Å². The van der Waals surface area contributed by atoms with Crippen molar-refractivity contribution in [2.75, 3.05) is 0 Å². The van der Waals surface area contributed by atoms with E-state index in [0.29, 0.717) is 0 Å². The summed E-state index contributed by atoms with van der Waals surface area (Å²) in [4.78, 5) is 9.66. The van der Waals surface area contributed by atoms with Gasteiger partial charge in [-0.05, 0) is 54.9 Å². The Bertz CT molecular complexity index is 567. The van der Waals surface area contributed by atoms with Gasteiger partial charge in [0, 0.05) is 18.8 Å². The Hall–Kier alpha value is -0.920. The molecule has 2 fully saturated rings. The maximum atomic E-state index is 4.83. The quantitative estimate of drug-likeness (QED) is 0.295. The summed E-state index contributed by atoms with van der Waals surface area (Å²) >= 11 is 0. The summed E-state index contributed by atoms with van der Waals surface area (Å²) in [5.74, 6) is 4.80. The Kier molecular flexibility index (Phi) is 11.4. The third-order valence-electron chi connectivity index (χ3n) is 8.46. The van der Waals surface area contributed by atoms with Gasteiger partial charge >= 0.3 is 0 Å². The van der Waals surface area contributed by atoms with Crippen molar-refractivity contribution >= 4 is 0 Å². The molecule has 0 amide bonds. The molecule has 2 aliphatic carbocycles. The topological polar surface area (TPSA) is 25.8 Å². The molecule has 2 heteroatoms. The molecule has 1 aromatic rings. The van der Waals surface area contributed by atoms with E-state index in [0.717, 1.165) is 42.3 Å². The summed E-state index contributed by atoms with van der Waals surface area (Å²) in [6, 6.07) is 0. The minimum Gasteiger partial charge on any atom is -0.241 e. The van der Waals surface area contributed by atoms with E-state index in [1.807, 2.05) is 0 Å². The molecule has 0 saturated heterocycles. The molecule has 2 saturated carbocycles. The molecule has 0 N–H and O–H groups in total. The number of aryl methyl sites for hydroxylation is 1. The highest BCUT2D eigenvalue weighted by molar-refractivity contribution is 5.06. The minimum atomic E-state index is 0.826. The fourth-order valence-corrected chi connectivity index (χ4v) is 6.43. The predicted octanol–water partition coefficient (Wildman–Crippen LogP) is 8.73. The van der Waals surface area contributed by atoms with Gasteiger partial charge in [-0.25, -0.2) is 9.97 Å². The number of unbranched alkanes of at least 4 members (excludes halogenated alkanes) is 5. The van der Waals surface area contributed by atoms with E-state index in [2.05, 4.69) is 26.2 Å². The summed E-state index contributed by atoms with van der Waals surface area (Å²) in [5.41, 5.74) is 1.32. The summed E-state index contributed by atoms with van der Waals surface area (Å²) < 4.78 is 0. The number of hydrogen-bond acceptors (Lipinski definition) is 2. The van der Waals surface area contributed by atoms with Gasteiger partial charge in [0.25, 0.3) is 0 Å². The summed E-state index contributed by atoms with van der Waals surface area (Å²) in [7, 11) is 0. The zero-order chi connectivity index (χ0) is 21.7. The average Bonchev–Trinajstić information content (AvgIpc) is 2.83. The van der Waals surface area contributed by atoms with E-state index in [9.17, 15) is 0 Å². The van der Waals surface area contributed by atoms with Crippen LogP contribution in [-0.2, 0) is 12.8 Å². The van der Waals surface area contributed by atoms with Crippen molar-refractivity contribution in [2.45, 2.75) is 136 Å². The highest BCUT2D eigenvalue weighted by Crippen LogP contribution is 2.43. The fourth-order valence-electron chi connectivity index (χ4n) is 6.43. The van der Waals surface area contributed by atoms with Gasteiger partial charge in [0.1, 0.15) is 5.82 Å². The second-order valence-electron chi connectivity index (χ2n) is 10.9. The second-order valence-corrected chi connectivity index (χ2v) is 10.9. The van der Waals surface area contributed by atoms with Crippen LogP contribution in [0.5, 0.6) is 0 Å². The Morgan fingerprint density at radius 1 is 0.742 bits per heavy atom. The first-order chi connectivity index (χ1) is 15.3. The van der Waals surface area contributed by atoms with Crippen LogP contribution in [-0.4, -0.2) is 9.97 Å². The molecule has 0 spiro atoms. The Morgan fingerprint density at radius 2 is 1.39 bits per heavy atom. The zero-order valence-corrected chi connectivity index (χ0v) is 20.8. The Labute approximate surface area is 193 Å². The van der Waals surface area contributed by atoms with Gasteiger partial charge < -0.3 is 0 Å². The average molecular weight is 427 g/mol. The molecule has 0 aliphatic heterocycles. The molecule has 176 valence electrons. The van der Waals surface area contributed by atoms with Crippen LogP contribution >= 0.6 is 0 Å². The van der Waals surface area contributed by atoms with E-state index >= 15 is 0 Å². The van der Waals surface area contributed by atoms with Gasteiger partial charge in [-0.3, -0.25) is 0 Å². The lowest BCUT2D eigenvalue weighted by atomic mass is 9.66. The Morgan fingerprint density at radius 3 is 2.06 bits per heavy atom. The highest BCUT2D eigenvalue weighted by atomic mass is 14.9. The highest BCUT2D eigenvalue weighted by Gasteiger charge is 2.33. The first-order valence-electron chi connectivity index (χ1n) is 14.1. The monoisotopic (exact) mass is 426 g/mol. The molecular formula is C29H50N2. The van der Waals surface area contributed by atoms with Crippen molar-refractivity contribution in [2.24, 2.45) is 23.7 Å². The lowest BCUT2D eigenvalue weighted by Crippen LogP contribution is -2.31.